The number of hydrogen-bond acceptors (Lipinski definition) is 1. The molecule has 0 aliphatic heterocycles. The van der Waals surface area contributed by atoms with Gasteiger partial charge in [0.1, 0.15) is 0 Å². The first-order chi connectivity index (χ1) is 5.35. The van der Waals surface area contributed by atoms with Gasteiger partial charge in [-0.05, 0) is 38.8 Å². The van der Waals surface area contributed by atoms with Gasteiger partial charge in [0.05, 0.1) is 0 Å². The monoisotopic (exact) mass is 153 g/mol. The molecule has 0 saturated carbocycles. The van der Waals surface area contributed by atoms with Crippen LogP contribution in [0.25, 0.3) is 0 Å². The molecule has 0 spiro atoms. The van der Waals surface area contributed by atoms with Gasteiger partial charge in [0.15, 0.2) is 0 Å². The first kappa shape index (κ1) is 10.3. The molecule has 0 radical (unpaired) electrons. The Balaban J connectivity index is 3.37. The molecule has 2 N–H and O–H groups in total. The van der Waals surface area contributed by atoms with E-state index in [-0.39, 0.29) is 0 Å². The van der Waals surface area contributed by atoms with Crippen LogP contribution in [0, 0.1) is 0 Å². The molecule has 0 aliphatic carbocycles. The molecule has 0 aromatic heterocycles. The summed E-state index contributed by atoms with van der Waals surface area (Å²) < 4.78 is 0. The lowest BCUT2D eigenvalue weighted by Crippen LogP contribution is -1.82. The molecule has 1 nitrogen and oxygen atoms in total. The summed E-state index contributed by atoms with van der Waals surface area (Å²) in [4.78, 5) is 0. The Morgan fingerprint density at radius 3 is 2.64 bits per heavy atom. The lowest BCUT2D eigenvalue weighted by molar-refractivity contribution is 0.800. The summed E-state index contributed by atoms with van der Waals surface area (Å²) in [5.74, 6) is 0. The quantitative estimate of drug-likeness (QED) is 0.477. The first-order valence-electron chi connectivity index (χ1n) is 4.36. The highest BCUT2D eigenvalue weighted by molar-refractivity contribution is 4.99. The van der Waals surface area contributed by atoms with Gasteiger partial charge in [0.2, 0.25) is 0 Å². The maximum absolute atomic E-state index is 5.22. The molecule has 0 aromatic rings. The van der Waals surface area contributed by atoms with Crippen LogP contribution in [-0.4, -0.2) is 0 Å². The Labute approximate surface area is 70.0 Å². The molecule has 0 unspecified atom stereocenters. The topological polar surface area (TPSA) is 26.0 Å². The second-order valence-corrected chi connectivity index (χ2v) is 2.62. The van der Waals surface area contributed by atoms with E-state index in [0.717, 1.165) is 6.42 Å². The fraction of sp³-hybridized carbons (Fsp3) is 0.600. The zero-order valence-electron chi connectivity index (χ0n) is 7.64. The van der Waals surface area contributed by atoms with Crippen molar-refractivity contribution >= 4 is 0 Å². The molecule has 0 fully saturated rings. The van der Waals surface area contributed by atoms with Gasteiger partial charge in [-0.3, -0.25) is 0 Å². The first-order valence-corrected chi connectivity index (χ1v) is 4.36. The highest BCUT2D eigenvalue weighted by Gasteiger charge is 1.90. The van der Waals surface area contributed by atoms with Crippen LogP contribution in [0.15, 0.2) is 23.9 Å². The summed E-state index contributed by atoms with van der Waals surface area (Å²) in [5, 5.41) is 0. The largest absolute Gasteiger partial charge is 0.405 e. The molecule has 0 atom stereocenters. The number of unbranched alkanes of at least 4 members (excludes halogenated alkanes) is 1. The SMILES string of the molecule is C/C=C(\CC)CCC/C=C\N. The minimum atomic E-state index is 1.10. The van der Waals surface area contributed by atoms with Crippen LogP contribution in [0.5, 0.6) is 0 Å². The third kappa shape index (κ3) is 5.71. The lowest BCUT2D eigenvalue weighted by atomic mass is 10.1. The second kappa shape index (κ2) is 7.39. The summed E-state index contributed by atoms with van der Waals surface area (Å²) in [6, 6.07) is 0. The van der Waals surface area contributed by atoms with Crippen LogP contribution in [0.3, 0.4) is 0 Å². The molecular formula is C10H19N. The van der Waals surface area contributed by atoms with Gasteiger partial charge in [-0.2, -0.15) is 0 Å². The number of rotatable bonds is 5. The van der Waals surface area contributed by atoms with Crippen LogP contribution < -0.4 is 5.73 Å². The Kier molecular flexibility index (Phi) is 6.90. The lowest BCUT2D eigenvalue weighted by Gasteiger charge is -2.00. The molecule has 1 heteroatoms. The van der Waals surface area contributed by atoms with Crippen molar-refractivity contribution in [3.8, 4) is 0 Å². The Morgan fingerprint density at radius 1 is 1.45 bits per heavy atom. The van der Waals surface area contributed by atoms with Gasteiger partial charge in [0, 0.05) is 0 Å². The molecule has 0 bridgehead atoms. The molecule has 0 rings (SSSR count). The van der Waals surface area contributed by atoms with Gasteiger partial charge >= 0.3 is 0 Å². The van der Waals surface area contributed by atoms with Crippen molar-refractivity contribution in [3.63, 3.8) is 0 Å². The molecule has 0 aliphatic rings. The van der Waals surface area contributed by atoms with E-state index < -0.39 is 0 Å². The predicted molar refractivity (Wildman–Crippen MR) is 51.2 cm³/mol. The average molecular weight is 153 g/mol. The highest BCUT2D eigenvalue weighted by atomic mass is 14.5. The maximum Gasteiger partial charge on any atom is -0.0103 e. The number of hydrogen-bond donors (Lipinski definition) is 1. The number of allylic oxidation sites excluding steroid dienone is 3. The highest BCUT2D eigenvalue weighted by Crippen LogP contribution is 2.10. The van der Waals surface area contributed by atoms with E-state index >= 15 is 0 Å². The van der Waals surface area contributed by atoms with Gasteiger partial charge in [-0.15, -0.1) is 0 Å². The third-order valence-corrected chi connectivity index (χ3v) is 1.87. The average Bonchev–Trinajstić information content (AvgIpc) is 2.05. The van der Waals surface area contributed by atoms with Crippen molar-refractivity contribution in [2.75, 3.05) is 0 Å². The zero-order chi connectivity index (χ0) is 8.53. The fourth-order valence-electron chi connectivity index (χ4n) is 1.07. The van der Waals surface area contributed by atoms with Crippen molar-refractivity contribution < 1.29 is 0 Å². The van der Waals surface area contributed by atoms with Crippen molar-refractivity contribution in [1.29, 1.82) is 0 Å². The summed E-state index contributed by atoms with van der Waals surface area (Å²) in [6.45, 7) is 4.31. The summed E-state index contributed by atoms with van der Waals surface area (Å²) in [6.07, 6.45) is 10.6. The van der Waals surface area contributed by atoms with Crippen molar-refractivity contribution in [1.82, 2.24) is 0 Å². The van der Waals surface area contributed by atoms with Crippen molar-refractivity contribution in [2.24, 2.45) is 5.73 Å². The molecule has 0 heterocycles. The van der Waals surface area contributed by atoms with Crippen LogP contribution in [0.4, 0.5) is 0 Å². The van der Waals surface area contributed by atoms with E-state index in [1.807, 2.05) is 6.08 Å². The summed E-state index contributed by atoms with van der Waals surface area (Å²) in [5.41, 5.74) is 6.77. The molecule has 11 heavy (non-hydrogen) atoms. The predicted octanol–water partition coefficient (Wildman–Crippen LogP) is 2.99. The summed E-state index contributed by atoms with van der Waals surface area (Å²) in [7, 11) is 0. The molecule has 0 amide bonds. The van der Waals surface area contributed by atoms with E-state index in [0.29, 0.717) is 0 Å². The molecule has 0 saturated heterocycles. The number of nitrogens with two attached hydrogens (primary N) is 1. The van der Waals surface area contributed by atoms with Crippen LogP contribution in [0.1, 0.15) is 39.5 Å². The summed E-state index contributed by atoms with van der Waals surface area (Å²) >= 11 is 0. The smallest absolute Gasteiger partial charge is 0.0103 e. The van der Waals surface area contributed by atoms with E-state index in [2.05, 4.69) is 19.9 Å². The van der Waals surface area contributed by atoms with Crippen molar-refractivity contribution in [3.05, 3.63) is 23.9 Å². The van der Waals surface area contributed by atoms with Crippen molar-refractivity contribution in [2.45, 2.75) is 39.5 Å². The fourth-order valence-corrected chi connectivity index (χ4v) is 1.07. The Morgan fingerprint density at radius 2 is 2.18 bits per heavy atom. The second-order valence-electron chi connectivity index (χ2n) is 2.62. The van der Waals surface area contributed by atoms with Gasteiger partial charge in [-0.25, -0.2) is 0 Å². The normalized spacial score (nSPS) is 12.7. The van der Waals surface area contributed by atoms with Crippen LogP contribution in [0.2, 0.25) is 0 Å². The van der Waals surface area contributed by atoms with Crippen LogP contribution in [-0.2, 0) is 0 Å². The zero-order valence-corrected chi connectivity index (χ0v) is 7.64. The van der Waals surface area contributed by atoms with E-state index in [1.165, 1.54) is 19.3 Å². The van der Waals surface area contributed by atoms with Gasteiger partial charge in [-0.1, -0.05) is 24.6 Å². The van der Waals surface area contributed by atoms with Gasteiger partial charge < -0.3 is 5.73 Å². The molecular weight excluding hydrogens is 134 g/mol. The minimum absolute atomic E-state index is 1.10. The van der Waals surface area contributed by atoms with E-state index in [1.54, 1.807) is 11.8 Å². The van der Waals surface area contributed by atoms with E-state index in [9.17, 15) is 0 Å². The maximum atomic E-state index is 5.22. The van der Waals surface area contributed by atoms with Gasteiger partial charge in [0.25, 0.3) is 0 Å². The third-order valence-electron chi connectivity index (χ3n) is 1.87. The molecule has 64 valence electrons. The Hall–Kier alpha value is -0.720. The van der Waals surface area contributed by atoms with E-state index in [4.69, 9.17) is 5.73 Å². The molecule has 0 aromatic carbocycles. The minimum Gasteiger partial charge on any atom is -0.405 e. The Bertz CT molecular complexity index is 134. The van der Waals surface area contributed by atoms with Crippen LogP contribution >= 0.6 is 0 Å². The standard InChI is InChI=1S/C10H19N/c1-3-10(4-2)8-6-5-7-9-11/h3,7,9H,4-6,8,11H2,1-2H3/b9-7-,10-3+.